The summed E-state index contributed by atoms with van der Waals surface area (Å²) in [6.07, 6.45) is 3.33. The third-order valence-electron chi connectivity index (χ3n) is 4.80. The van der Waals surface area contributed by atoms with Crippen molar-refractivity contribution in [2.75, 3.05) is 26.7 Å². The second-order valence-electron chi connectivity index (χ2n) is 6.19. The van der Waals surface area contributed by atoms with Gasteiger partial charge in [0.1, 0.15) is 0 Å². The molecule has 0 radical (unpaired) electrons. The Labute approximate surface area is 105 Å². The van der Waals surface area contributed by atoms with E-state index in [1.807, 2.05) is 0 Å². The number of ether oxygens (including phenoxy) is 1. The Balaban J connectivity index is 1.88. The van der Waals surface area contributed by atoms with Gasteiger partial charge in [-0.15, -0.1) is 0 Å². The van der Waals surface area contributed by atoms with Crippen molar-refractivity contribution in [3.63, 3.8) is 0 Å². The van der Waals surface area contributed by atoms with Gasteiger partial charge in [-0.1, -0.05) is 20.3 Å². The minimum absolute atomic E-state index is 0.0272. The molecule has 3 nitrogen and oxygen atoms in total. The summed E-state index contributed by atoms with van der Waals surface area (Å²) in [5, 5.41) is 10.5. The van der Waals surface area contributed by atoms with Crippen molar-refractivity contribution in [1.29, 1.82) is 0 Å². The van der Waals surface area contributed by atoms with Crippen LogP contribution in [-0.4, -0.2) is 49.0 Å². The molecular weight excluding hydrogens is 214 g/mol. The first kappa shape index (κ1) is 13.3. The number of hydrogen-bond acceptors (Lipinski definition) is 3. The van der Waals surface area contributed by atoms with Crippen molar-refractivity contribution < 1.29 is 9.84 Å². The molecule has 1 heterocycles. The van der Waals surface area contributed by atoms with Crippen LogP contribution >= 0.6 is 0 Å². The van der Waals surface area contributed by atoms with E-state index in [0.717, 1.165) is 44.4 Å². The molecule has 1 N–H and O–H groups in total. The van der Waals surface area contributed by atoms with Gasteiger partial charge in [-0.2, -0.15) is 0 Å². The Morgan fingerprint density at radius 1 is 1.24 bits per heavy atom. The van der Waals surface area contributed by atoms with Crippen LogP contribution in [0.5, 0.6) is 0 Å². The third-order valence-corrected chi connectivity index (χ3v) is 4.80. The monoisotopic (exact) mass is 241 g/mol. The Kier molecular flexibility index (Phi) is 4.45. The second kappa shape index (κ2) is 5.68. The topological polar surface area (TPSA) is 32.7 Å². The van der Waals surface area contributed by atoms with Crippen LogP contribution in [0.15, 0.2) is 0 Å². The Morgan fingerprint density at radius 2 is 2.00 bits per heavy atom. The van der Waals surface area contributed by atoms with Crippen LogP contribution in [0.4, 0.5) is 0 Å². The zero-order valence-corrected chi connectivity index (χ0v) is 11.4. The fourth-order valence-corrected chi connectivity index (χ4v) is 3.22. The lowest BCUT2D eigenvalue weighted by atomic mass is 9.73. The number of likely N-dealkylation sites (N-methyl/N-ethyl adjacent to an activating group) is 1. The molecule has 1 saturated carbocycles. The van der Waals surface area contributed by atoms with Crippen LogP contribution in [0.1, 0.15) is 33.1 Å². The van der Waals surface area contributed by atoms with Crippen molar-refractivity contribution >= 4 is 0 Å². The van der Waals surface area contributed by atoms with E-state index >= 15 is 0 Å². The summed E-state index contributed by atoms with van der Waals surface area (Å²) in [7, 11) is 2.10. The first-order chi connectivity index (χ1) is 8.08. The normalized spacial score (nSPS) is 42.4. The maximum Gasteiger partial charge on any atom is 0.0963 e. The smallest absolute Gasteiger partial charge is 0.0963 e. The lowest BCUT2D eigenvalue weighted by Gasteiger charge is -2.40. The van der Waals surface area contributed by atoms with Gasteiger partial charge in [0.15, 0.2) is 0 Å². The van der Waals surface area contributed by atoms with Crippen LogP contribution in [0.2, 0.25) is 0 Å². The quantitative estimate of drug-likeness (QED) is 0.799. The zero-order valence-electron chi connectivity index (χ0n) is 11.4. The van der Waals surface area contributed by atoms with Crippen molar-refractivity contribution in [3.05, 3.63) is 0 Å². The molecule has 5 atom stereocenters. The highest BCUT2D eigenvalue weighted by Crippen LogP contribution is 2.36. The van der Waals surface area contributed by atoms with Crippen LogP contribution in [0.25, 0.3) is 0 Å². The number of rotatable bonds is 2. The molecule has 1 aliphatic carbocycles. The molecule has 0 spiro atoms. The predicted octanol–water partition coefficient (Wildman–Crippen LogP) is 1.75. The van der Waals surface area contributed by atoms with E-state index in [4.69, 9.17) is 4.74 Å². The number of nitrogens with zero attached hydrogens (tertiary/aromatic N) is 1. The molecule has 17 heavy (non-hydrogen) atoms. The first-order valence-electron chi connectivity index (χ1n) is 7.06. The molecule has 2 rings (SSSR count). The molecule has 2 fully saturated rings. The van der Waals surface area contributed by atoms with Crippen LogP contribution in [-0.2, 0) is 4.74 Å². The summed E-state index contributed by atoms with van der Waals surface area (Å²) >= 11 is 0. The molecule has 0 bridgehead atoms. The van der Waals surface area contributed by atoms with Gasteiger partial charge in [-0.05, 0) is 37.6 Å². The SMILES string of the molecule is CC1CCC(C(O)C2CN(C)CCO2)CC1C. The predicted molar refractivity (Wildman–Crippen MR) is 68.9 cm³/mol. The first-order valence-corrected chi connectivity index (χ1v) is 7.06. The highest BCUT2D eigenvalue weighted by atomic mass is 16.5. The van der Waals surface area contributed by atoms with Gasteiger partial charge in [0.05, 0.1) is 18.8 Å². The largest absolute Gasteiger partial charge is 0.390 e. The summed E-state index contributed by atoms with van der Waals surface area (Å²) in [4.78, 5) is 2.26. The maximum absolute atomic E-state index is 10.5. The lowest BCUT2D eigenvalue weighted by molar-refractivity contribution is -0.109. The van der Waals surface area contributed by atoms with Crippen LogP contribution in [0, 0.1) is 17.8 Å². The van der Waals surface area contributed by atoms with Crippen molar-refractivity contribution in [2.24, 2.45) is 17.8 Å². The molecule has 1 saturated heterocycles. The Hall–Kier alpha value is -0.120. The fraction of sp³-hybridized carbons (Fsp3) is 1.00. The average molecular weight is 241 g/mol. The van der Waals surface area contributed by atoms with E-state index in [-0.39, 0.29) is 12.2 Å². The van der Waals surface area contributed by atoms with Crippen molar-refractivity contribution in [2.45, 2.75) is 45.3 Å². The number of aliphatic hydroxyl groups is 1. The van der Waals surface area contributed by atoms with E-state index in [9.17, 15) is 5.11 Å². The van der Waals surface area contributed by atoms with E-state index in [1.165, 1.54) is 6.42 Å². The third kappa shape index (κ3) is 3.21. The number of morpholine rings is 1. The summed E-state index contributed by atoms with van der Waals surface area (Å²) < 4.78 is 5.73. The summed E-state index contributed by atoms with van der Waals surface area (Å²) in [5.74, 6) is 2.00. The number of aliphatic hydroxyl groups excluding tert-OH is 1. The highest BCUT2D eigenvalue weighted by Gasteiger charge is 2.35. The van der Waals surface area contributed by atoms with Crippen LogP contribution < -0.4 is 0 Å². The van der Waals surface area contributed by atoms with E-state index in [1.54, 1.807) is 0 Å². The molecule has 1 aliphatic heterocycles. The van der Waals surface area contributed by atoms with Gasteiger partial charge in [0.2, 0.25) is 0 Å². The van der Waals surface area contributed by atoms with E-state index in [0.29, 0.717) is 5.92 Å². The second-order valence-corrected chi connectivity index (χ2v) is 6.19. The minimum Gasteiger partial charge on any atom is -0.390 e. The van der Waals surface area contributed by atoms with Crippen molar-refractivity contribution in [3.8, 4) is 0 Å². The van der Waals surface area contributed by atoms with Gasteiger partial charge in [-0.25, -0.2) is 0 Å². The van der Waals surface area contributed by atoms with Crippen LogP contribution in [0.3, 0.4) is 0 Å². The molecule has 100 valence electrons. The number of hydrogen-bond donors (Lipinski definition) is 1. The van der Waals surface area contributed by atoms with Gasteiger partial charge >= 0.3 is 0 Å². The molecule has 5 unspecified atom stereocenters. The van der Waals surface area contributed by atoms with Gasteiger partial charge in [0, 0.05) is 13.1 Å². The molecule has 0 aromatic carbocycles. The van der Waals surface area contributed by atoms with E-state index < -0.39 is 0 Å². The molecule has 0 aromatic heterocycles. The highest BCUT2D eigenvalue weighted by molar-refractivity contribution is 4.86. The average Bonchev–Trinajstić information content (AvgIpc) is 2.32. The van der Waals surface area contributed by atoms with Gasteiger partial charge in [-0.3, -0.25) is 0 Å². The fourth-order valence-electron chi connectivity index (χ4n) is 3.22. The molecular formula is C14H27NO2. The van der Waals surface area contributed by atoms with Crippen molar-refractivity contribution in [1.82, 2.24) is 4.90 Å². The minimum atomic E-state index is -0.271. The molecule has 0 amide bonds. The molecule has 3 heteroatoms. The molecule has 0 aromatic rings. The Morgan fingerprint density at radius 3 is 2.65 bits per heavy atom. The summed E-state index contributed by atoms with van der Waals surface area (Å²) in [5.41, 5.74) is 0. The molecule has 2 aliphatic rings. The van der Waals surface area contributed by atoms with Gasteiger partial charge in [0.25, 0.3) is 0 Å². The standard InChI is InChI=1S/C14H27NO2/c1-10-4-5-12(8-11(10)2)14(16)13-9-15(3)6-7-17-13/h10-14,16H,4-9H2,1-3H3. The lowest BCUT2D eigenvalue weighted by Crippen LogP contribution is -2.49. The van der Waals surface area contributed by atoms with E-state index in [2.05, 4.69) is 25.8 Å². The Bertz CT molecular complexity index is 246. The van der Waals surface area contributed by atoms with Gasteiger partial charge < -0.3 is 14.7 Å². The zero-order chi connectivity index (χ0) is 12.4. The maximum atomic E-state index is 10.5. The summed E-state index contributed by atoms with van der Waals surface area (Å²) in [6.45, 7) is 7.27. The summed E-state index contributed by atoms with van der Waals surface area (Å²) in [6, 6.07) is 0.